The summed E-state index contributed by atoms with van der Waals surface area (Å²) in [7, 11) is 0. The Morgan fingerprint density at radius 1 is 1.08 bits per heavy atom. The number of halogens is 1. The van der Waals surface area contributed by atoms with E-state index in [1.165, 1.54) is 6.42 Å². The van der Waals surface area contributed by atoms with E-state index in [2.05, 4.69) is 29.5 Å². The first kappa shape index (κ1) is 25.7. The van der Waals surface area contributed by atoms with Crippen molar-refractivity contribution in [2.24, 2.45) is 23.7 Å². The molecule has 4 aliphatic heterocycles. The van der Waals surface area contributed by atoms with Gasteiger partial charge in [-0.05, 0) is 62.3 Å². The van der Waals surface area contributed by atoms with E-state index in [0.717, 1.165) is 55.5 Å². The quantitative estimate of drug-likeness (QED) is 0.359. The smallest absolute Gasteiger partial charge is 0.201 e. The molecule has 5 heterocycles. The van der Waals surface area contributed by atoms with Crippen molar-refractivity contribution < 1.29 is 24.0 Å². The van der Waals surface area contributed by atoms with Crippen LogP contribution in [0.5, 0.6) is 0 Å². The highest BCUT2D eigenvalue weighted by Gasteiger charge is 2.69. The van der Waals surface area contributed by atoms with E-state index in [0.29, 0.717) is 23.5 Å². The summed E-state index contributed by atoms with van der Waals surface area (Å²) in [6.07, 6.45) is 5.13. The zero-order valence-corrected chi connectivity index (χ0v) is 22.6. The highest BCUT2D eigenvalue weighted by atomic mass is 35.5. The third-order valence-electron chi connectivity index (χ3n) is 8.98. The fourth-order valence-corrected chi connectivity index (χ4v) is 7.16. The number of rotatable bonds is 8. The molecule has 7 rings (SSSR count). The number of pyridine rings is 1. The molecule has 1 spiro atoms. The number of anilines is 1. The topological polar surface area (TPSA) is 83.1 Å². The molecule has 0 unspecified atom stereocenters. The third kappa shape index (κ3) is 4.65. The Balaban J connectivity index is 1.00. The van der Waals surface area contributed by atoms with Gasteiger partial charge in [0.15, 0.2) is 18.2 Å². The fourth-order valence-electron chi connectivity index (χ4n) is 7.00. The Morgan fingerprint density at radius 2 is 1.97 bits per heavy atom. The summed E-state index contributed by atoms with van der Waals surface area (Å²) in [5.74, 6) is 0.635. The number of fused-ring (bicyclic) bond motifs is 3. The molecule has 9 heteroatoms. The van der Waals surface area contributed by atoms with E-state index in [1.54, 1.807) is 6.20 Å². The van der Waals surface area contributed by atoms with E-state index in [1.807, 2.05) is 31.2 Å². The van der Waals surface area contributed by atoms with Gasteiger partial charge in [-0.15, -0.1) is 0 Å². The van der Waals surface area contributed by atoms with Crippen molar-refractivity contribution in [3.8, 4) is 0 Å². The second-order valence-electron chi connectivity index (χ2n) is 11.3. The van der Waals surface area contributed by atoms with Crippen LogP contribution in [-0.2, 0) is 24.0 Å². The Bertz CT molecular complexity index is 1120. The number of aromatic nitrogens is 1. The molecule has 8 atom stereocenters. The predicted molar refractivity (Wildman–Crippen MR) is 141 cm³/mol. The third-order valence-corrected chi connectivity index (χ3v) is 9.22. The first-order valence-corrected chi connectivity index (χ1v) is 14.1. The van der Waals surface area contributed by atoms with Gasteiger partial charge in [0.2, 0.25) is 5.79 Å². The molecule has 1 aliphatic carbocycles. The summed E-state index contributed by atoms with van der Waals surface area (Å²) in [5.41, 5.74) is 1.40. The Labute approximate surface area is 223 Å². The van der Waals surface area contributed by atoms with Gasteiger partial charge in [0, 0.05) is 60.2 Å². The number of hydrogen-bond donors (Lipinski definition) is 2. The first-order chi connectivity index (χ1) is 17.9. The highest BCUT2D eigenvalue weighted by molar-refractivity contribution is 6.31. The number of hydrogen-bond acceptors (Lipinski definition) is 8. The summed E-state index contributed by atoms with van der Waals surface area (Å²) in [6.45, 7) is 9.40. The minimum absolute atomic E-state index is 0.191. The van der Waals surface area contributed by atoms with Crippen LogP contribution in [0.25, 0.3) is 10.9 Å². The Kier molecular flexibility index (Phi) is 7.11. The maximum atomic E-state index is 6.49. The summed E-state index contributed by atoms with van der Waals surface area (Å²) in [6, 6.07) is 7.76. The molecule has 2 bridgehead atoms. The summed E-state index contributed by atoms with van der Waals surface area (Å²) in [5, 5.41) is 8.70. The second kappa shape index (κ2) is 10.2. The van der Waals surface area contributed by atoms with Gasteiger partial charge in [-0.25, -0.2) is 9.78 Å². The van der Waals surface area contributed by atoms with Gasteiger partial charge in [0.1, 0.15) is 0 Å². The largest absolute Gasteiger partial charge is 0.383 e. The van der Waals surface area contributed by atoms with Crippen LogP contribution in [0.3, 0.4) is 0 Å². The maximum absolute atomic E-state index is 6.49. The van der Waals surface area contributed by atoms with E-state index in [9.17, 15) is 0 Å². The maximum Gasteiger partial charge on any atom is 0.201 e. The molecule has 5 aliphatic rings. The molecular formula is C28H38ClN3O5. The molecule has 37 heavy (non-hydrogen) atoms. The summed E-state index contributed by atoms with van der Waals surface area (Å²) >= 11 is 6.10. The average molecular weight is 532 g/mol. The van der Waals surface area contributed by atoms with Crippen molar-refractivity contribution in [1.82, 2.24) is 10.3 Å². The standard InChI is InChI=1S/C28H38ClN3O5/c1-17-4-7-22-18(2)25(34-26-28(22)21(17)8-10-27(3,35-26)36-37-28)33-15-14-30-12-13-32-23-9-11-31-24-16-19(29)5-6-20(23)24/h5-6,9,11,16-18,21-22,25-26,30H,4,7-8,10,12-15H2,1-3H3,(H,31,32)/t17-,18-,21+,22+,25+,26-,27+,28-/m1/s1. The Hall–Kier alpha value is -1.52. The van der Waals surface area contributed by atoms with Crippen LogP contribution in [0.1, 0.15) is 46.5 Å². The monoisotopic (exact) mass is 531 g/mol. The van der Waals surface area contributed by atoms with Crippen LogP contribution >= 0.6 is 11.6 Å². The van der Waals surface area contributed by atoms with E-state index in [4.69, 9.17) is 35.6 Å². The van der Waals surface area contributed by atoms with Gasteiger partial charge in [-0.3, -0.25) is 4.98 Å². The average Bonchev–Trinajstić information content (AvgIpc) is 3.12. The zero-order valence-electron chi connectivity index (χ0n) is 21.9. The van der Waals surface area contributed by atoms with Gasteiger partial charge in [0.25, 0.3) is 0 Å². The molecule has 4 saturated heterocycles. The molecule has 1 aromatic carbocycles. The van der Waals surface area contributed by atoms with E-state index < -0.39 is 17.7 Å². The summed E-state index contributed by atoms with van der Waals surface area (Å²) < 4.78 is 19.2. The van der Waals surface area contributed by atoms with Crippen LogP contribution in [0.2, 0.25) is 5.02 Å². The molecule has 2 N–H and O–H groups in total. The minimum atomic E-state index is -0.760. The number of benzene rings is 1. The van der Waals surface area contributed by atoms with Crippen LogP contribution in [0.4, 0.5) is 5.69 Å². The molecule has 202 valence electrons. The van der Waals surface area contributed by atoms with Gasteiger partial charge < -0.3 is 24.8 Å². The Morgan fingerprint density at radius 3 is 2.86 bits per heavy atom. The molecule has 8 nitrogen and oxygen atoms in total. The van der Waals surface area contributed by atoms with Crippen molar-refractivity contribution >= 4 is 28.2 Å². The van der Waals surface area contributed by atoms with Crippen molar-refractivity contribution in [3.63, 3.8) is 0 Å². The van der Waals surface area contributed by atoms with Crippen molar-refractivity contribution in [1.29, 1.82) is 0 Å². The first-order valence-electron chi connectivity index (χ1n) is 13.7. The van der Waals surface area contributed by atoms with E-state index in [-0.39, 0.29) is 18.1 Å². The van der Waals surface area contributed by atoms with E-state index >= 15 is 0 Å². The lowest BCUT2D eigenvalue weighted by molar-refractivity contribution is -0.577. The van der Waals surface area contributed by atoms with Crippen LogP contribution in [0, 0.1) is 23.7 Å². The normalized spacial score (nSPS) is 38.8. The molecule has 2 aromatic rings. The lowest BCUT2D eigenvalue weighted by atomic mass is 9.58. The fraction of sp³-hybridized carbons (Fsp3) is 0.679. The van der Waals surface area contributed by atoms with Gasteiger partial charge in [0.05, 0.1) is 12.1 Å². The predicted octanol–water partition coefficient (Wildman–Crippen LogP) is 5.11. The number of nitrogens with one attached hydrogen (secondary N) is 2. The van der Waals surface area contributed by atoms with Crippen LogP contribution < -0.4 is 10.6 Å². The van der Waals surface area contributed by atoms with Gasteiger partial charge in [-0.1, -0.05) is 25.4 Å². The molecule has 1 saturated carbocycles. The minimum Gasteiger partial charge on any atom is -0.383 e. The van der Waals surface area contributed by atoms with Crippen molar-refractivity contribution in [2.75, 3.05) is 31.6 Å². The molecular weight excluding hydrogens is 494 g/mol. The summed E-state index contributed by atoms with van der Waals surface area (Å²) in [4.78, 5) is 16.5. The SMILES string of the molecule is C[C@H]1[C@@H](OCCNCCNc2ccnc3cc(Cl)ccc23)O[C@@H]2O[C@]3(C)CC[C@H]4[C@H](C)CC[C@@H]1[C@@]24OO3. The zero-order chi connectivity index (χ0) is 25.6. The molecule has 5 fully saturated rings. The molecule has 0 amide bonds. The van der Waals surface area contributed by atoms with Crippen molar-refractivity contribution in [2.45, 2.75) is 70.4 Å². The van der Waals surface area contributed by atoms with Crippen molar-refractivity contribution in [3.05, 3.63) is 35.5 Å². The molecule has 1 aromatic heterocycles. The van der Waals surface area contributed by atoms with Crippen LogP contribution in [0.15, 0.2) is 30.5 Å². The lowest BCUT2D eigenvalue weighted by Gasteiger charge is -2.60. The second-order valence-corrected chi connectivity index (χ2v) is 11.8. The lowest BCUT2D eigenvalue weighted by Crippen LogP contribution is -2.70. The van der Waals surface area contributed by atoms with Gasteiger partial charge in [-0.2, -0.15) is 0 Å². The number of nitrogens with zero attached hydrogens (tertiary/aromatic N) is 1. The van der Waals surface area contributed by atoms with Crippen LogP contribution in [-0.4, -0.2) is 55.2 Å². The number of ether oxygens (including phenoxy) is 3. The van der Waals surface area contributed by atoms with Gasteiger partial charge >= 0.3 is 0 Å². The molecule has 0 radical (unpaired) electrons. The highest BCUT2D eigenvalue weighted by Crippen LogP contribution is 2.60.